The maximum absolute atomic E-state index is 12.5. The molecule has 0 aromatic rings. The number of carbonyl (C=O) groups is 2. The summed E-state index contributed by atoms with van der Waals surface area (Å²) in [7, 11) is 0. The number of unbranched alkanes of at least 4 members (excludes halogenated alkanes) is 55. The first-order valence-electron chi connectivity index (χ1n) is 34.8. The van der Waals surface area contributed by atoms with Gasteiger partial charge in [-0.3, -0.25) is 9.59 Å². The lowest BCUT2D eigenvalue weighted by molar-refractivity contribution is -0.143. The highest BCUT2D eigenvalue weighted by atomic mass is 16.5. The quantitative estimate of drug-likeness (QED) is 0.0417. The lowest BCUT2D eigenvalue weighted by Gasteiger charge is -2.22. The van der Waals surface area contributed by atoms with Gasteiger partial charge >= 0.3 is 5.97 Å². The zero-order valence-electron chi connectivity index (χ0n) is 51.3. The minimum atomic E-state index is -0.665. The first-order chi connectivity index (χ1) is 37.0. The third-order valence-corrected chi connectivity index (χ3v) is 16.7. The third kappa shape index (κ3) is 61.9. The first kappa shape index (κ1) is 73.9. The molecule has 6 nitrogen and oxygen atoms in total. The standard InChI is InChI=1S/C69H137NO5/c1-3-5-7-9-11-13-15-17-19-20-21-22-23-25-28-31-34-37-41-45-49-53-57-61-67(72)66(65-71)70-68(73)62-58-54-50-46-42-38-35-32-29-26-24-27-30-33-36-40-44-48-52-56-60-64-75-69(74)63-59-55-51-47-43-39-18-16-14-12-10-8-6-4-2/h66-67,71-72H,3-65H2,1-2H3,(H,70,73). The molecule has 448 valence electrons. The Morgan fingerprint density at radius 2 is 0.547 bits per heavy atom. The van der Waals surface area contributed by atoms with E-state index in [0.29, 0.717) is 25.9 Å². The fourth-order valence-electron chi connectivity index (χ4n) is 11.4. The maximum atomic E-state index is 12.5. The van der Waals surface area contributed by atoms with Gasteiger partial charge in [-0.2, -0.15) is 0 Å². The van der Waals surface area contributed by atoms with Crippen molar-refractivity contribution < 1.29 is 24.5 Å². The van der Waals surface area contributed by atoms with Crippen LogP contribution in [0, 0.1) is 0 Å². The van der Waals surface area contributed by atoms with E-state index in [1.54, 1.807) is 0 Å². The highest BCUT2D eigenvalue weighted by Crippen LogP contribution is 2.19. The van der Waals surface area contributed by atoms with Crippen LogP contribution < -0.4 is 5.32 Å². The maximum Gasteiger partial charge on any atom is 0.305 e. The topological polar surface area (TPSA) is 95.9 Å². The van der Waals surface area contributed by atoms with Crippen LogP contribution in [0.2, 0.25) is 0 Å². The van der Waals surface area contributed by atoms with Crippen molar-refractivity contribution in [3.63, 3.8) is 0 Å². The number of amides is 1. The Labute approximate surface area is 470 Å². The van der Waals surface area contributed by atoms with Crippen LogP contribution >= 0.6 is 0 Å². The Kier molecular flexibility index (Phi) is 64.4. The number of aliphatic hydroxyl groups excluding tert-OH is 2. The smallest absolute Gasteiger partial charge is 0.305 e. The SMILES string of the molecule is CCCCCCCCCCCCCCCCCCCCCCCCCC(O)C(CO)NC(=O)CCCCCCCCCCCCCCCCCCCCCCCOC(=O)CCCCCCCCCCCCCCCC. The van der Waals surface area contributed by atoms with Crippen molar-refractivity contribution in [2.24, 2.45) is 0 Å². The van der Waals surface area contributed by atoms with Crippen LogP contribution in [-0.4, -0.2) is 47.4 Å². The average Bonchev–Trinajstić information content (AvgIpc) is 3.41. The van der Waals surface area contributed by atoms with E-state index in [1.807, 2.05) is 0 Å². The van der Waals surface area contributed by atoms with Gasteiger partial charge in [0, 0.05) is 12.8 Å². The molecule has 75 heavy (non-hydrogen) atoms. The summed E-state index contributed by atoms with van der Waals surface area (Å²) >= 11 is 0. The molecule has 0 bridgehead atoms. The van der Waals surface area contributed by atoms with E-state index in [1.165, 1.54) is 334 Å². The summed E-state index contributed by atoms with van der Waals surface area (Å²) in [4.78, 5) is 24.6. The Balaban J connectivity index is 3.37. The van der Waals surface area contributed by atoms with Crippen LogP contribution in [-0.2, 0) is 14.3 Å². The lowest BCUT2D eigenvalue weighted by atomic mass is 10.0. The minimum absolute atomic E-state index is 0.0159. The third-order valence-electron chi connectivity index (χ3n) is 16.7. The summed E-state index contributed by atoms with van der Waals surface area (Å²) in [6, 6.07) is -0.542. The predicted molar refractivity (Wildman–Crippen MR) is 329 cm³/mol. The molecule has 1 amide bonds. The van der Waals surface area contributed by atoms with Gasteiger partial charge in [0.2, 0.25) is 5.91 Å². The molecule has 0 aromatic carbocycles. The van der Waals surface area contributed by atoms with Gasteiger partial charge in [0.15, 0.2) is 0 Å². The Hall–Kier alpha value is -1.14. The van der Waals surface area contributed by atoms with Crippen molar-refractivity contribution in [1.82, 2.24) is 5.32 Å². The first-order valence-corrected chi connectivity index (χ1v) is 34.8. The molecule has 0 aliphatic rings. The van der Waals surface area contributed by atoms with Crippen LogP contribution in [0.25, 0.3) is 0 Å². The fraction of sp³-hybridized carbons (Fsp3) is 0.971. The van der Waals surface area contributed by atoms with Gasteiger partial charge in [-0.15, -0.1) is 0 Å². The van der Waals surface area contributed by atoms with Gasteiger partial charge < -0.3 is 20.3 Å². The van der Waals surface area contributed by atoms with Crippen molar-refractivity contribution in [3.05, 3.63) is 0 Å². The van der Waals surface area contributed by atoms with Crippen molar-refractivity contribution >= 4 is 11.9 Å². The van der Waals surface area contributed by atoms with Crippen LogP contribution in [0.5, 0.6) is 0 Å². The molecule has 0 heterocycles. The summed E-state index contributed by atoms with van der Waals surface area (Å²) in [6.45, 7) is 5.00. The molecule has 0 aliphatic carbocycles. The molecular weight excluding hydrogens is 923 g/mol. The predicted octanol–water partition coefficient (Wildman–Crippen LogP) is 22.2. The van der Waals surface area contributed by atoms with E-state index in [-0.39, 0.29) is 18.5 Å². The molecule has 0 rings (SSSR count). The number of hydrogen-bond donors (Lipinski definition) is 3. The molecule has 0 spiro atoms. The van der Waals surface area contributed by atoms with E-state index in [4.69, 9.17) is 4.74 Å². The number of aliphatic hydroxyl groups is 2. The number of ether oxygens (including phenoxy) is 1. The summed E-state index contributed by atoms with van der Waals surface area (Å²) < 4.78 is 5.49. The van der Waals surface area contributed by atoms with E-state index < -0.39 is 12.1 Å². The van der Waals surface area contributed by atoms with Gasteiger partial charge in [-0.25, -0.2) is 0 Å². The average molecular weight is 1060 g/mol. The number of nitrogens with one attached hydrogen (secondary N) is 1. The monoisotopic (exact) mass is 1060 g/mol. The Morgan fingerprint density at radius 1 is 0.320 bits per heavy atom. The highest BCUT2D eigenvalue weighted by Gasteiger charge is 2.20. The molecule has 0 saturated carbocycles. The molecule has 2 unspecified atom stereocenters. The second-order valence-corrected chi connectivity index (χ2v) is 24.2. The van der Waals surface area contributed by atoms with E-state index in [0.717, 1.165) is 38.5 Å². The van der Waals surface area contributed by atoms with Crippen molar-refractivity contribution in [3.8, 4) is 0 Å². The molecule has 0 aromatic heterocycles. The zero-order valence-corrected chi connectivity index (χ0v) is 51.3. The van der Waals surface area contributed by atoms with Crippen LogP contribution in [0.1, 0.15) is 406 Å². The number of rotatable bonds is 66. The van der Waals surface area contributed by atoms with Gasteiger partial charge in [0.05, 0.1) is 25.4 Å². The Morgan fingerprint density at radius 3 is 0.813 bits per heavy atom. The molecule has 0 aliphatic heterocycles. The Bertz CT molecular complexity index is 1080. The lowest BCUT2D eigenvalue weighted by Crippen LogP contribution is -2.45. The van der Waals surface area contributed by atoms with Gasteiger partial charge in [-0.1, -0.05) is 367 Å². The number of hydrogen-bond acceptors (Lipinski definition) is 5. The zero-order chi connectivity index (χ0) is 54.3. The molecule has 0 fully saturated rings. The van der Waals surface area contributed by atoms with E-state index >= 15 is 0 Å². The van der Waals surface area contributed by atoms with E-state index in [2.05, 4.69) is 19.2 Å². The molecule has 2 atom stereocenters. The fourth-order valence-corrected chi connectivity index (χ4v) is 11.4. The van der Waals surface area contributed by atoms with Crippen LogP contribution in [0.15, 0.2) is 0 Å². The molecule has 0 saturated heterocycles. The summed E-state index contributed by atoms with van der Waals surface area (Å²) in [5, 5.41) is 23.4. The summed E-state index contributed by atoms with van der Waals surface area (Å²) in [5.74, 6) is -0.0143. The molecule has 3 N–H and O–H groups in total. The minimum Gasteiger partial charge on any atom is -0.466 e. The second-order valence-electron chi connectivity index (χ2n) is 24.2. The summed E-state index contributed by atoms with van der Waals surface area (Å²) in [6.07, 6.45) is 78.5. The summed E-state index contributed by atoms with van der Waals surface area (Å²) in [5.41, 5.74) is 0. The number of esters is 1. The van der Waals surface area contributed by atoms with E-state index in [9.17, 15) is 19.8 Å². The highest BCUT2D eigenvalue weighted by molar-refractivity contribution is 5.76. The van der Waals surface area contributed by atoms with Gasteiger partial charge in [-0.05, 0) is 25.7 Å². The van der Waals surface area contributed by atoms with Crippen molar-refractivity contribution in [1.29, 1.82) is 0 Å². The van der Waals surface area contributed by atoms with Crippen molar-refractivity contribution in [2.75, 3.05) is 13.2 Å². The van der Waals surface area contributed by atoms with Gasteiger partial charge in [0.1, 0.15) is 0 Å². The van der Waals surface area contributed by atoms with Gasteiger partial charge in [0.25, 0.3) is 0 Å². The normalized spacial score (nSPS) is 12.4. The number of carbonyl (C=O) groups excluding carboxylic acids is 2. The molecule has 0 radical (unpaired) electrons. The molecular formula is C69H137NO5. The van der Waals surface area contributed by atoms with Crippen LogP contribution in [0.3, 0.4) is 0 Å². The largest absolute Gasteiger partial charge is 0.466 e. The van der Waals surface area contributed by atoms with Crippen LogP contribution in [0.4, 0.5) is 0 Å². The second kappa shape index (κ2) is 65.4. The van der Waals surface area contributed by atoms with Crippen molar-refractivity contribution in [2.45, 2.75) is 418 Å². The molecule has 6 heteroatoms.